The third kappa shape index (κ3) is 3.70. The van der Waals surface area contributed by atoms with Crippen LogP contribution >= 0.6 is 15.9 Å². The van der Waals surface area contributed by atoms with Gasteiger partial charge < -0.3 is 11.1 Å². The standard InChI is InChI=1S/C11H16BrFN2/c1-11(2,3)6-15-10-4-7(12)8(13)5-9(10)14/h4-5,15H,6,14H2,1-3H3. The maximum absolute atomic E-state index is 13.1. The maximum Gasteiger partial charge on any atom is 0.139 e. The monoisotopic (exact) mass is 274 g/mol. The Morgan fingerprint density at radius 3 is 2.53 bits per heavy atom. The van der Waals surface area contributed by atoms with E-state index >= 15 is 0 Å². The summed E-state index contributed by atoms with van der Waals surface area (Å²) in [6, 6.07) is 2.98. The third-order valence-corrected chi connectivity index (χ3v) is 2.51. The number of anilines is 2. The van der Waals surface area contributed by atoms with E-state index in [0.717, 1.165) is 12.2 Å². The van der Waals surface area contributed by atoms with E-state index in [9.17, 15) is 4.39 Å². The number of rotatable bonds is 2. The normalized spacial score (nSPS) is 11.5. The van der Waals surface area contributed by atoms with E-state index in [0.29, 0.717) is 10.2 Å². The predicted octanol–water partition coefficient (Wildman–Crippen LogP) is 3.63. The van der Waals surface area contributed by atoms with Gasteiger partial charge in [-0.05, 0) is 27.4 Å². The molecule has 0 amide bonds. The molecule has 0 bridgehead atoms. The average Bonchev–Trinajstić information content (AvgIpc) is 2.07. The van der Waals surface area contributed by atoms with Crippen LogP contribution in [0.1, 0.15) is 20.8 Å². The van der Waals surface area contributed by atoms with E-state index in [-0.39, 0.29) is 11.2 Å². The zero-order chi connectivity index (χ0) is 11.6. The lowest BCUT2D eigenvalue weighted by molar-refractivity contribution is 0.443. The number of nitrogen functional groups attached to an aromatic ring is 1. The summed E-state index contributed by atoms with van der Waals surface area (Å²) in [5.74, 6) is -0.339. The molecule has 15 heavy (non-hydrogen) atoms. The summed E-state index contributed by atoms with van der Waals surface area (Å²) in [5.41, 5.74) is 7.05. The molecule has 1 rings (SSSR count). The number of hydrogen-bond donors (Lipinski definition) is 2. The maximum atomic E-state index is 13.1. The Morgan fingerprint density at radius 1 is 1.40 bits per heavy atom. The van der Waals surface area contributed by atoms with Crippen LogP contribution in [-0.4, -0.2) is 6.54 Å². The van der Waals surface area contributed by atoms with Gasteiger partial charge in [-0.25, -0.2) is 4.39 Å². The molecule has 0 aliphatic rings. The highest BCUT2D eigenvalue weighted by molar-refractivity contribution is 9.10. The van der Waals surface area contributed by atoms with Gasteiger partial charge in [0.15, 0.2) is 0 Å². The Morgan fingerprint density at radius 2 is 2.00 bits per heavy atom. The number of halogens is 2. The van der Waals surface area contributed by atoms with Crippen LogP contribution < -0.4 is 11.1 Å². The molecule has 0 aromatic heterocycles. The molecule has 0 saturated carbocycles. The van der Waals surface area contributed by atoms with Crippen molar-refractivity contribution in [3.05, 3.63) is 22.4 Å². The van der Waals surface area contributed by atoms with E-state index in [1.165, 1.54) is 6.07 Å². The van der Waals surface area contributed by atoms with Gasteiger partial charge in [0, 0.05) is 12.6 Å². The van der Waals surface area contributed by atoms with Crippen LogP contribution in [0.15, 0.2) is 16.6 Å². The first-order valence-corrected chi connectivity index (χ1v) is 5.57. The van der Waals surface area contributed by atoms with Crippen molar-refractivity contribution in [2.75, 3.05) is 17.6 Å². The Hall–Kier alpha value is -0.770. The van der Waals surface area contributed by atoms with Crippen molar-refractivity contribution < 1.29 is 4.39 Å². The average molecular weight is 275 g/mol. The van der Waals surface area contributed by atoms with Gasteiger partial charge in [0.05, 0.1) is 15.8 Å². The third-order valence-electron chi connectivity index (χ3n) is 1.90. The summed E-state index contributed by atoms with van der Waals surface area (Å²) in [7, 11) is 0. The minimum Gasteiger partial charge on any atom is -0.397 e. The van der Waals surface area contributed by atoms with E-state index in [1.807, 2.05) is 0 Å². The zero-order valence-electron chi connectivity index (χ0n) is 9.20. The highest BCUT2D eigenvalue weighted by Gasteiger charge is 2.11. The van der Waals surface area contributed by atoms with Crippen LogP contribution in [0.2, 0.25) is 0 Å². The Kier molecular flexibility index (Phi) is 3.60. The summed E-state index contributed by atoms with van der Waals surface area (Å²) < 4.78 is 13.5. The van der Waals surface area contributed by atoms with Gasteiger partial charge in [-0.2, -0.15) is 0 Å². The van der Waals surface area contributed by atoms with Crippen molar-refractivity contribution >= 4 is 27.3 Å². The zero-order valence-corrected chi connectivity index (χ0v) is 10.8. The molecule has 84 valence electrons. The number of nitrogens with two attached hydrogens (primary N) is 1. The number of nitrogens with one attached hydrogen (secondary N) is 1. The lowest BCUT2D eigenvalue weighted by Crippen LogP contribution is -2.19. The fourth-order valence-corrected chi connectivity index (χ4v) is 1.42. The summed E-state index contributed by atoms with van der Waals surface area (Å²) in [6.07, 6.45) is 0. The summed E-state index contributed by atoms with van der Waals surface area (Å²) in [5, 5.41) is 3.20. The van der Waals surface area contributed by atoms with Gasteiger partial charge >= 0.3 is 0 Å². The Bertz CT molecular complexity index is 358. The van der Waals surface area contributed by atoms with E-state index in [4.69, 9.17) is 5.73 Å². The first-order chi connectivity index (χ1) is 6.79. The quantitative estimate of drug-likeness (QED) is 0.809. The van der Waals surface area contributed by atoms with E-state index < -0.39 is 0 Å². The number of benzene rings is 1. The van der Waals surface area contributed by atoms with Crippen LogP contribution in [0.3, 0.4) is 0 Å². The highest BCUT2D eigenvalue weighted by atomic mass is 79.9. The summed E-state index contributed by atoms with van der Waals surface area (Å²) >= 11 is 3.13. The van der Waals surface area contributed by atoms with Crippen LogP contribution in [-0.2, 0) is 0 Å². The summed E-state index contributed by atoms with van der Waals surface area (Å²) in [4.78, 5) is 0. The number of hydrogen-bond acceptors (Lipinski definition) is 2. The first kappa shape index (κ1) is 12.3. The molecule has 4 heteroatoms. The molecule has 0 saturated heterocycles. The molecular weight excluding hydrogens is 259 g/mol. The van der Waals surface area contributed by atoms with Crippen LogP contribution in [0, 0.1) is 11.2 Å². The molecule has 1 aromatic carbocycles. The predicted molar refractivity (Wildman–Crippen MR) is 66.5 cm³/mol. The molecule has 2 nitrogen and oxygen atoms in total. The van der Waals surface area contributed by atoms with Gasteiger partial charge in [0.2, 0.25) is 0 Å². The molecule has 0 heterocycles. The van der Waals surface area contributed by atoms with Crippen molar-refractivity contribution in [2.24, 2.45) is 5.41 Å². The van der Waals surface area contributed by atoms with Gasteiger partial charge in [-0.15, -0.1) is 0 Å². The molecular formula is C11H16BrFN2. The van der Waals surface area contributed by atoms with Crippen molar-refractivity contribution in [3.8, 4) is 0 Å². The second-order valence-corrected chi connectivity index (χ2v) is 5.62. The van der Waals surface area contributed by atoms with Gasteiger partial charge in [0.25, 0.3) is 0 Å². The fourth-order valence-electron chi connectivity index (χ4n) is 1.08. The Labute approximate surface area is 98.2 Å². The molecule has 0 spiro atoms. The van der Waals surface area contributed by atoms with Crippen molar-refractivity contribution in [1.82, 2.24) is 0 Å². The topological polar surface area (TPSA) is 38.0 Å². The smallest absolute Gasteiger partial charge is 0.139 e. The summed E-state index contributed by atoms with van der Waals surface area (Å²) in [6.45, 7) is 7.15. The highest BCUT2D eigenvalue weighted by Crippen LogP contribution is 2.27. The van der Waals surface area contributed by atoms with Gasteiger partial charge in [0.1, 0.15) is 5.82 Å². The SMILES string of the molecule is CC(C)(C)CNc1cc(Br)c(F)cc1N. The second kappa shape index (κ2) is 4.39. The molecule has 0 radical (unpaired) electrons. The molecule has 0 aliphatic carbocycles. The molecule has 3 N–H and O–H groups in total. The van der Waals surface area contributed by atoms with Gasteiger partial charge in [-0.3, -0.25) is 0 Å². The minimum atomic E-state index is -0.339. The van der Waals surface area contributed by atoms with Crippen LogP contribution in [0.5, 0.6) is 0 Å². The van der Waals surface area contributed by atoms with E-state index in [1.54, 1.807) is 6.07 Å². The minimum absolute atomic E-state index is 0.160. The van der Waals surface area contributed by atoms with Crippen molar-refractivity contribution in [2.45, 2.75) is 20.8 Å². The second-order valence-electron chi connectivity index (χ2n) is 4.77. The van der Waals surface area contributed by atoms with Crippen molar-refractivity contribution in [1.29, 1.82) is 0 Å². The van der Waals surface area contributed by atoms with Gasteiger partial charge in [-0.1, -0.05) is 20.8 Å². The lowest BCUT2D eigenvalue weighted by Gasteiger charge is -2.20. The van der Waals surface area contributed by atoms with Crippen molar-refractivity contribution in [3.63, 3.8) is 0 Å². The molecule has 1 aromatic rings. The van der Waals surface area contributed by atoms with E-state index in [2.05, 4.69) is 42.0 Å². The Balaban J connectivity index is 2.82. The molecule has 0 fully saturated rings. The van der Waals surface area contributed by atoms with Crippen LogP contribution in [0.4, 0.5) is 15.8 Å². The fraction of sp³-hybridized carbons (Fsp3) is 0.455. The van der Waals surface area contributed by atoms with Crippen LogP contribution in [0.25, 0.3) is 0 Å². The molecule has 0 aliphatic heterocycles. The first-order valence-electron chi connectivity index (χ1n) is 4.78. The molecule has 0 atom stereocenters. The largest absolute Gasteiger partial charge is 0.397 e. The lowest BCUT2D eigenvalue weighted by atomic mass is 9.97. The molecule has 0 unspecified atom stereocenters.